The molecule has 1 aromatic rings. The van der Waals surface area contributed by atoms with Crippen LogP contribution in [0.2, 0.25) is 0 Å². The fraction of sp³-hybridized carbons (Fsp3) is 0.364. The first-order valence-electron chi connectivity index (χ1n) is 4.98. The van der Waals surface area contributed by atoms with Crippen LogP contribution >= 0.6 is 11.6 Å². The molecular formula is C11H14ClN3. The molecule has 0 bridgehead atoms. The Labute approximate surface area is 94.3 Å². The first kappa shape index (κ1) is 10.5. The molecule has 0 amide bonds. The Bertz CT molecular complexity index is 376. The van der Waals surface area contributed by atoms with Gasteiger partial charge in [-0.05, 0) is 18.1 Å². The summed E-state index contributed by atoms with van der Waals surface area (Å²) in [4.78, 5) is 4.07. The second-order valence-electron chi connectivity index (χ2n) is 3.72. The summed E-state index contributed by atoms with van der Waals surface area (Å²) in [5.74, 6) is 0. The van der Waals surface area contributed by atoms with E-state index >= 15 is 0 Å². The third-order valence-corrected chi connectivity index (χ3v) is 2.75. The van der Waals surface area contributed by atoms with Gasteiger partial charge in [0.15, 0.2) is 0 Å². The van der Waals surface area contributed by atoms with Gasteiger partial charge in [-0.25, -0.2) is 0 Å². The van der Waals surface area contributed by atoms with Gasteiger partial charge in [0.05, 0.1) is 5.38 Å². The third-order valence-electron chi connectivity index (χ3n) is 2.47. The molecule has 0 aromatic carbocycles. The summed E-state index contributed by atoms with van der Waals surface area (Å²) < 4.78 is 0. The lowest BCUT2D eigenvalue weighted by Gasteiger charge is -2.18. The Morgan fingerprint density at radius 1 is 1.60 bits per heavy atom. The van der Waals surface area contributed by atoms with Crippen molar-refractivity contribution in [3.63, 3.8) is 0 Å². The van der Waals surface area contributed by atoms with Gasteiger partial charge in [-0.15, -0.1) is 11.6 Å². The van der Waals surface area contributed by atoms with Gasteiger partial charge >= 0.3 is 0 Å². The average Bonchev–Trinajstić information content (AvgIpc) is 2.22. The number of halogens is 1. The Morgan fingerprint density at radius 3 is 3.20 bits per heavy atom. The first-order chi connectivity index (χ1) is 7.25. The minimum atomic E-state index is 0.0895. The highest BCUT2D eigenvalue weighted by Gasteiger charge is 2.11. The van der Waals surface area contributed by atoms with E-state index in [0.29, 0.717) is 0 Å². The van der Waals surface area contributed by atoms with E-state index in [1.807, 2.05) is 12.3 Å². The van der Waals surface area contributed by atoms with Crippen LogP contribution < -0.4 is 11.1 Å². The van der Waals surface area contributed by atoms with Gasteiger partial charge in [-0.3, -0.25) is 4.98 Å². The fourth-order valence-electron chi connectivity index (χ4n) is 1.70. The van der Waals surface area contributed by atoms with Gasteiger partial charge in [-0.1, -0.05) is 11.6 Å². The first-order valence-corrected chi connectivity index (χ1v) is 5.42. The molecule has 1 atom stereocenters. The topological polar surface area (TPSA) is 50.9 Å². The van der Waals surface area contributed by atoms with E-state index in [4.69, 9.17) is 17.3 Å². The quantitative estimate of drug-likeness (QED) is 0.588. The molecule has 2 heterocycles. The number of anilines is 1. The fourth-order valence-corrected chi connectivity index (χ4v) is 1.98. The molecule has 0 saturated carbocycles. The van der Waals surface area contributed by atoms with Gasteiger partial charge < -0.3 is 11.1 Å². The lowest BCUT2D eigenvalue weighted by atomic mass is 10.0. The second kappa shape index (κ2) is 4.64. The summed E-state index contributed by atoms with van der Waals surface area (Å²) in [5.41, 5.74) is 8.99. The van der Waals surface area contributed by atoms with Crippen LogP contribution in [0, 0.1) is 0 Å². The van der Waals surface area contributed by atoms with Crippen LogP contribution in [-0.4, -0.2) is 23.5 Å². The maximum atomic E-state index is 6.03. The molecule has 0 saturated heterocycles. The Balaban J connectivity index is 2.12. The number of hydrogen-bond donors (Lipinski definition) is 2. The molecule has 1 unspecified atom stereocenters. The SMILES string of the molecule is Nc1ccncc1CC1=CC(Cl)CNC1. The van der Waals surface area contributed by atoms with E-state index in [9.17, 15) is 0 Å². The van der Waals surface area contributed by atoms with Crippen molar-refractivity contribution in [2.45, 2.75) is 11.8 Å². The summed E-state index contributed by atoms with van der Waals surface area (Å²) in [5, 5.41) is 3.35. The smallest absolute Gasteiger partial charge is 0.0643 e. The van der Waals surface area contributed by atoms with Gasteiger partial charge in [0.2, 0.25) is 0 Å². The van der Waals surface area contributed by atoms with Crippen molar-refractivity contribution in [3.05, 3.63) is 35.7 Å². The number of nitrogens with one attached hydrogen (secondary N) is 1. The number of pyridine rings is 1. The maximum absolute atomic E-state index is 6.03. The van der Waals surface area contributed by atoms with Gasteiger partial charge in [0.1, 0.15) is 0 Å². The van der Waals surface area contributed by atoms with Gasteiger partial charge in [-0.2, -0.15) is 0 Å². The summed E-state index contributed by atoms with van der Waals surface area (Å²) in [6.45, 7) is 1.73. The van der Waals surface area contributed by atoms with E-state index in [2.05, 4.69) is 16.4 Å². The van der Waals surface area contributed by atoms with Gasteiger partial charge in [0.25, 0.3) is 0 Å². The van der Waals surface area contributed by atoms with Crippen LogP contribution in [0.3, 0.4) is 0 Å². The zero-order chi connectivity index (χ0) is 10.7. The highest BCUT2D eigenvalue weighted by molar-refractivity contribution is 6.22. The van der Waals surface area contributed by atoms with Crippen molar-refractivity contribution in [1.29, 1.82) is 0 Å². The van der Waals surface area contributed by atoms with Crippen molar-refractivity contribution in [3.8, 4) is 0 Å². The second-order valence-corrected chi connectivity index (χ2v) is 4.28. The molecule has 0 aliphatic carbocycles. The minimum Gasteiger partial charge on any atom is -0.398 e. The molecule has 0 fully saturated rings. The zero-order valence-corrected chi connectivity index (χ0v) is 9.17. The maximum Gasteiger partial charge on any atom is 0.0643 e. The highest BCUT2D eigenvalue weighted by Crippen LogP contribution is 2.16. The van der Waals surface area contributed by atoms with Crippen molar-refractivity contribution in [1.82, 2.24) is 10.3 Å². The standard InChI is InChI=1S/C11H14ClN3/c12-10-4-8(5-15-7-10)3-9-6-14-2-1-11(9)13/h1-2,4,6,10,15H,3,5,7H2,(H2,13,14). The van der Waals surface area contributed by atoms with E-state index in [-0.39, 0.29) is 5.38 Å². The molecular weight excluding hydrogens is 210 g/mol. The summed E-state index contributed by atoms with van der Waals surface area (Å²) in [6, 6.07) is 1.82. The Morgan fingerprint density at radius 2 is 2.47 bits per heavy atom. The predicted molar refractivity (Wildman–Crippen MR) is 62.9 cm³/mol. The van der Waals surface area contributed by atoms with Crippen LogP contribution in [0.1, 0.15) is 5.56 Å². The number of alkyl halides is 1. The molecule has 4 heteroatoms. The zero-order valence-electron chi connectivity index (χ0n) is 8.41. The third kappa shape index (κ3) is 2.70. The molecule has 0 radical (unpaired) electrons. The van der Waals surface area contributed by atoms with E-state index < -0.39 is 0 Å². The predicted octanol–water partition coefficient (Wildman–Crippen LogP) is 1.34. The summed E-state index contributed by atoms with van der Waals surface area (Å²) >= 11 is 6.03. The van der Waals surface area contributed by atoms with Crippen LogP contribution in [0.25, 0.3) is 0 Å². The van der Waals surface area contributed by atoms with Crippen molar-refractivity contribution < 1.29 is 0 Å². The lowest BCUT2D eigenvalue weighted by Crippen LogP contribution is -2.30. The van der Waals surface area contributed by atoms with Crippen LogP contribution in [-0.2, 0) is 6.42 Å². The Kier molecular flexibility index (Phi) is 3.23. The molecule has 2 rings (SSSR count). The summed E-state index contributed by atoms with van der Waals surface area (Å²) in [7, 11) is 0. The van der Waals surface area contributed by atoms with Crippen molar-refractivity contribution in [2.75, 3.05) is 18.8 Å². The van der Waals surface area contributed by atoms with E-state index in [1.54, 1.807) is 6.20 Å². The van der Waals surface area contributed by atoms with Crippen molar-refractivity contribution in [2.24, 2.45) is 0 Å². The monoisotopic (exact) mass is 223 g/mol. The van der Waals surface area contributed by atoms with Crippen LogP contribution in [0.15, 0.2) is 30.1 Å². The number of rotatable bonds is 2. The molecule has 15 heavy (non-hydrogen) atoms. The largest absolute Gasteiger partial charge is 0.398 e. The Hall–Kier alpha value is -1.06. The number of nitrogens with zero attached hydrogens (tertiary/aromatic N) is 1. The number of nitrogen functional groups attached to an aromatic ring is 1. The normalized spacial score (nSPS) is 21.1. The minimum absolute atomic E-state index is 0.0895. The average molecular weight is 224 g/mol. The summed E-state index contributed by atoms with van der Waals surface area (Å²) in [6.07, 6.45) is 6.45. The van der Waals surface area contributed by atoms with Gasteiger partial charge in [0, 0.05) is 31.2 Å². The van der Waals surface area contributed by atoms with Crippen LogP contribution in [0.4, 0.5) is 5.69 Å². The molecule has 1 aliphatic rings. The van der Waals surface area contributed by atoms with E-state index in [0.717, 1.165) is 30.8 Å². The van der Waals surface area contributed by atoms with E-state index in [1.165, 1.54) is 5.57 Å². The highest BCUT2D eigenvalue weighted by atomic mass is 35.5. The number of hydrogen-bond acceptors (Lipinski definition) is 3. The molecule has 0 spiro atoms. The van der Waals surface area contributed by atoms with Crippen LogP contribution in [0.5, 0.6) is 0 Å². The number of nitrogens with two attached hydrogens (primary N) is 1. The molecule has 3 nitrogen and oxygen atoms in total. The molecule has 1 aliphatic heterocycles. The molecule has 80 valence electrons. The molecule has 1 aromatic heterocycles. The lowest BCUT2D eigenvalue weighted by molar-refractivity contribution is 0.695. The number of aromatic nitrogens is 1. The van der Waals surface area contributed by atoms with Crippen molar-refractivity contribution >= 4 is 17.3 Å². The molecule has 3 N–H and O–H groups in total.